The van der Waals surface area contributed by atoms with Crippen molar-refractivity contribution < 1.29 is 4.74 Å². The summed E-state index contributed by atoms with van der Waals surface area (Å²) in [4.78, 5) is 15.3. The van der Waals surface area contributed by atoms with E-state index in [1.54, 1.807) is 11.3 Å². The predicted octanol–water partition coefficient (Wildman–Crippen LogP) is 13.1. The molecule has 10 aromatic rings. The zero-order valence-electron chi connectivity index (χ0n) is 30.6. The van der Waals surface area contributed by atoms with E-state index in [9.17, 15) is 0 Å². The molecule has 3 aromatic heterocycles. The van der Waals surface area contributed by atoms with Crippen LogP contribution in [0.1, 0.15) is 28.8 Å². The van der Waals surface area contributed by atoms with E-state index in [-0.39, 0.29) is 12.0 Å². The van der Waals surface area contributed by atoms with Crippen LogP contribution in [0.5, 0.6) is 5.75 Å². The van der Waals surface area contributed by atoms with Gasteiger partial charge in [-0.05, 0) is 65.7 Å². The van der Waals surface area contributed by atoms with Gasteiger partial charge in [0.05, 0.1) is 11.2 Å². The number of nitrogens with zero attached hydrogens (tertiary/aromatic N) is 4. The first kappa shape index (κ1) is 32.1. The van der Waals surface area contributed by atoms with E-state index < -0.39 is 0 Å². The summed E-state index contributed by atoms with van der Waals surface area (Å²) in [6.45, 7) is 0. The molecule has 268 valence electrons. The van der Waals surface area contributed by atoms with Crippen molar-refractivity contribution in [1.82, 2.24) is 19.5 Å². The van der Waals surface area contributed by atoms with E-state index in [1.807, 2.05) is 18.2 Å². The molecule has 2 aliphatic rings. The first-order valence-corrected chi connectivity index (χ1v) is 20.1. The maximum Gasteiger partial charge on any atom is 0.164 e. The van der Waals surface area contributed by atoms with Gasteiger partial charge in [-0.1, -0.05) is 127 Å². The molecule has 0 bridgehead atoms. The van der Waals surface area contributed by atoms with Crippen molar-refractivity contribution in [3.8, 4) is 56.7 Å². The fraction of sp³-hybridized carbons (Fsp3) is 0.0392. The molecule has 2 unspecified atom stereocenters. The summed E-state index contributed by atoms with van der Waals surface area (Å²) in [5, 5.41) is 3.73. The van der Waals surface area contributed by atoms with Crippen LogP contribution in [0.15, 0.2) is 176 Å². The maximum absolute atomic E-state index is 6.90. The van der Waals surface area contributed by atoms with Crippen LogP contribution in [0.4, 0.5) is 0 Å². The topological polar surface area (TPSA) is 52.8 Å². The second kappa shape index (κ2) is 12.7. The van der Waals surface area contributed by atoms with Crippen LogP contribution in [0.3, 0.4) is 0 Å². The molecule has 2 atom stereocenters. The van der Waals surface area contributed by atoms with Crippen LogP contribution in [-0.2, 0) is 0 Å². The summed E-state index contributed by atoms with van der Waals surface area (Å²) in [5.41, 5.74) is 11.1. The number of rotatable bonds is 5. The zero-order valence-corrected chi connectivity index (χ0v) is 31.4. The van der Waals surface area contributed by atoms with Crippen molar-refractivity contribution in [2.75, 3.05) is 0 Å². The maximum atomic E-state index is 6.90. The number of hydrogen-bond donors (Lipinski definition) is 0. The molecule has 0 saturated heterocycles. The summed E-state index contributed by atoms with van der Waals surface area (Å²) in [5.74, 6) is 2.87. The minimum absolute atomic E-state index is 0.0393. The summed E-state index contributed by atoms with van der Waals surface area (Å²) in [7, 11) is 0. The van der Waals surface area contributed by atoms with Gasteiger partial charge in [0, 0.05) is 65.0 Å². The van der Waals surface area contributed by atoms with Crippen molar-refractivity contribution in [3.05, 3.63) is 193 Å². The molecule has 0 fully saturated rings. The number of thiophene rings is 1. The number of hydrogen-bond acceptors (Lipinski definition) is 5. The number of fused-ring (bicyclic) bond motifs is 10. The second-order valence-corrected chi connectivity index (χ2v) is 15.8. The first-order chi connectivity index (χ1) is 28.2. The summed E-state index contributed by atoms with van der Waals surface area (Å²) >= 11 is 1.80. The number of ether oxygens (including phenoxy) is 1. The van der Waals surface area contributed by atoms with Crippen molar-refractivity contribution in [1.29, 1.82) is 0 Å². The Morgan fingerprint density at radius 1 is 0.491 bits per heavy atom. The van der Waals surface area contributed by atoms with Gasteiger partial charge in [0.2, 0.25) is 0 Å². The van der Waals surface area contributed by atoms with Crippen LogP contribution in [-0.4, -0.2) is 19.5 Å². The molecule has 4 heterocycles. The minimum Gasteiger partial charge on any atom is -0.484 e. The quantitative estimate of drug-likeness (QED) is 0.176. The van der Waals surface area contributed by atoms with Gasteiger partial charge in [0.25, 0.3) is 0 Å². The highest BCUT2D eigenvalue weighted by Gasteiger charge is 2.40. The molecule has 0 N–H and O–H groups in total. The van der Waals surface area contributed by atoms with Crippen LogP contribution in [0.25, 0.3) is 88.1 Å². The van der Waals surface area contributed by atoms with Crippen molar-refractivity contribution in [3.63, 3.8) is 0 Å². The third-order valence-electron chi connectivity index (χ3n) is 11.4. The fourth-order valence-electron chi connectivity index (χ4n) is 8.74. The molecule has 6 heteroatoms. The summed E-state index contributed by atoms with van der Waals surface area (Å²) in [6, 6.07) is 59.8. The Bertz CT molecular complexity index is 3220. The van der Waals surface area contributed by atoms with Crippen LogP contribution in [0.2, 0.25) is 0 Å². The van der Waals surface area contributed by atoms with Crippen molar-refractivity contribution in [2.45, 2.75) is 12.0 Å². The van der Waals surface area contributed by atoms with E-state index in [2.05, 4.69) is 168 Å². The van der Waals surface area contributed by atoms with E-state index in [0.29, 0.717) is 17.5 Å². The lowest BCUT2D eigenvalue weighted by molar-refractivity contribution is 0.224. The normalized spacial score (nSPS) is 15.4. The van der Waals surface area contributed by atoms with Gasteiger partial charge in [0.15, 0.2) is 17.5 Å². The van der Waals surface area contributed by atoms with E-state index in [0.717, 1.165) is 39.4 Å². The number of aromatic nitrogens is 4. The molecule has 5 nitrogen and oxygen atoms in total. The Balaban J connectivity index is 0.944. The average molecular weight is 749 g/mol. The molecule has 0 spiro atoms. The lowest BCUT2D eigenvalue weighted by Crippen LogP contribution is -2.13. The smallest absolute Gasteiger partial charge is 0.164 e. The zero-order chi connectivity index (χ0) is 37.5. The van der Waals surface area contributed by atoms with Crippen LogP contribution in [0, 0.1) is 0 Å². The van der Waals surface area contributed by atoms with Gasteiger partial charge < -0.3 is 9.30 Å². The van der Waals surface area contributed by atoms with Crippen molar-refractivity contribution >= 4 is 48.5 Å². The number of para-hydroxylation sites is 1. The molecule has 0 amide bonds. The first-order valence-electron chi connectivity index (χ1n) is 19.3. The van der Waals surface area contributed by atoms with E-state index >= 15 is 0 Å². The standard InChI is InChI=1S/C51H32N4OS/c1-3-11-31(12-4-1)32-19-23-36(24-20-32)55-42-17-9-7-16-40(42)47-43(55)27-26-39-41-29-34(22-28-44(41)56-48(39)47)50-52-49(33-13-5-2-6-14-33)53-51(54-50)35-21-25-38-37-15-8-10-18-45(37)57-46(38)30-35/h1-30,39,48H. The monoisotopic (exact) mass is 748 g/mol. The minimum atomic E-state index is -0.160. The summed E-state index contributed by atoms with van der Waals surface area (Å²) < 4.78 is 11.8. The lowest BCUT2D eigenvalue weighted by Gasteiger charge is -2.22. The van der Waals surface area contributed by atoms with Gasteiger partial charge in [-0.3, -0.25) is 0 Å². The van der Waals surface area contributed by atoms with Gasteiger partial charge >= 0.3 is 0 Å². The predicted molar refractivity (Wildman–Crippen MR) is 233 cm³/mol. The molecule has 0 radical (unpaired) electrons. The fourth-order valence-corrected chi connectivity index (χ4v) is 9.89. The van der Waals surface area contributed by atoms with Gasteiger partial charge in [-0.15, -0.1) is 11.3 Å². The van der Waals surface area contributed by atoms with E-state index in [4.69, 9.17) is 19.7 Å². The third-order valence-corrected chi connectivity index (χ3v) is 12.6. The highest BCUT2D eigenvalue weighted by molar-refractivity contribution is 7.25. The Morgan fingerprint density at radius 3 is 1.88 bits per heavy atom. The largest absolute Gasteiger partial charge is 0.484 e. The molecule has 0 saturated carbocycles. The molecular formula is C51H32N4OS. The third kappa shape index (κ3) is 5.18. The molecule has 12 rings (SSSR count). The Kier molecular flexibility index (Phi) is 7.16. The van der Waals surface area contributed by atoms with Gasteiger partial charge in [-0.2, -0.15) is 0 Å². The number of benzene rings is 7. The summed E-state index contributed by atoms with van der Waals surface area (Å²) in [6.07, 6.45) is 4.43. The average Bonchev–Trinajstić information content (AvgIpc) is 3.96. The van der Waals surface area contributed by atoms with E-state index in [1.165, 1.54) is 47.8 Å². The lowest BCUT2D eigenvalue weighted by atomic mass is 9.85. The highest BCUT2D eigenvalue weighted by Crippen LogP contribution is 2.53. The highest BCUT2D eigenvalue weighted by atomic mass is 32.1. The molecular weight excluding hydrogens is 717 g/mol. The van der Waals surface area contributed by atoms with Crippen LogP contribution >= 0.6 is 11.3 Å². The molecule has 1 aliphatic heterocycles. The Hall–Kier alpha value is -7.15. The van der Waals surface area contributed by atoms with Gasteiger partial charge in [0.1, 0.15) is 11.9 Å². The van der Waals surface area contributed by atoms with Crippen LogP contribution < -0.4 is 4.74 Å². The Morgan fingerprint density at radius 2 is 1.09 bits per heavy atom. The molecule has 57 heavy (non-hydrogen) atoms. The molecule has 7 aromatic carbocycles. The van der Waals surface area contributed by atoms with Crippen molar-refractivity contribution in [2.24, 2.45) is 0 Å². The molecule has 1 aliphatic carbocycles. The second-order valence-electron chi connectivity index (χ2n) is 14.7. The Labute approximate surface area is 332 Å². The SMILES string of the molecule is C1=CC2c3cc(-c4nc(-c5ccccc5)nc(-c5ccc6c(c5)sc5ccccc56)n4)ccc3OC2c2c1n(-c1ccc(-c3ccccc3)cc1)c1ccccc21. The van der Waals surface area contributed by atoms with Gasteiger partial charge in [-0.25, -0.2) is 15.0 Å².